The van der Waals surface area contributed by atoms with Crippen LogP contribution in [-0.2, 0) is 0 Å². The van der Waals surface area contributed by atoms with Crippen molar-refractivity contribution in [3.05, 3.63) is 218 Å². The molecule has 63 heavy (non-hydrogen) atoms. The van der Waals surface area contributed by atoms with E-state index in [9.17, 15) is 0 Å². The number of aromatic nitrogens is 4. The average Bonchev–Trinajstić information content (AvgIpc) is 3.75. The Hall–Kier alpha value is -8.54. The van der Waals surface area contributed by atoms with Crippen molar-refractivity contribution in [1.29, 1.82) is 0 Å². The minimum Gasteiger partial charge on any atom is -0.456 e. The summed E-state index contributed by atoms with van der Waals surface area (Å²) in [4.78, 5) is 19.9. The Balaban J connectivity index is 0.861. The second-order valence-electron chi connectivity index (χ2n) is 15.8. The van der Waals surface area contributed by atoms with Crippen LogP contribution in [0.5, 0.6) is 0 Å². The van der Waals surface area contributed by atoms with Crippen LogP contribution in [0.3, 0.4) is 0 Å². The van der Waals surface area contributed by atoms with Crippen molar-refractivity contribution in [3.63, 3.8) is 0 Å². The molecule has 0 amide bonds. The molecule has 0 N–H and O–H groups in total. The predicted octanol–water partition coefficient (Wildman–Crippen LogP) is 15.1. The second-order valence-corrected chi connectivity index (χ2v) is 15.8. The Bertz CT molecular complexity index is 3580. The molecule has 5 heteroatoms. The van der Waals surface area contributed by atoms with E-state index in [4.69, 9.17) is 24.4 Å². The lowest BCUT2D eigenvalue weighted by molar-refractivity contribution is 0.669. The topological polar surface area (TPSA) is 64.7 Å². The average molecular weight is 805 g/mol. The molecule has 9 aromatic carbocycles. The zero-order valence-corrected chi connectivity index (χ0v) is 34.0. The van der Waals surface area contributed by atoms with E-state index in [2.05, 4.69) is 152 Å². The third-order valence-corrected chi connectivity index (χ3v) is 11.9. The zero-order valence-electron chi connectivity index (χ0n) is 34.0. The van der Waals surface area contributed by atoms with Crippen molar-refractivity contribution in [2.45, 2.75) is 0 Å². The van der Waals surface area contributed by atoms with Gasteiger partial charge in [0.1, 0.15) is 11.2 Å². The minimum absolute atomic E-state index is 0.637. The number of fused-ring (bicyclic) bond motifs is 7. The monoisotopic (exact) mass is 804 g/mol. The highest BCUT2D eigenvalue weighted by Crippen LogP contribution is 2.42. The second kappa shape index (κ2) is 15.2. The van der Waals surface area contributed by atoms with Crippen LogP contribution in [0.15, 0.2) is 223 Å². The summed E-state index contributed by atoms with van der Waals surface area (Å²) in [6.45, 7) is 0. The highest BCUT2D eigenvalue weighted by Gasteiger charge is 2.18. The Morgan fingerprint density at radius 2 is 0.714 bits per heavy atom. The van der Waals surface area contributed by atoms with E-state index in [1.807, 2.05) is 66.7 Å². The Kier molecular flexibility index (Phi) is 8.75. The summed E-state index contributed by atoms with van der Waals surface area (Å²) in [5.41, 5.74) is 14.4. The normalized spacial score (nSPS) is 11.5. The summed E-state index contributed by atoms with van der Waals surface area (Å²) in [5, 5.41) is 5.60. The lowest BCUT2D eigenvalue weighted by Gasteiger charge is -2.11. The summed E-state index contributed by atoms with van der Waals surface area (Å²) >= 11 is 0. The summed E-state index contributed by atoms with van der Waals surface area (Å²) in [6.07, 6.45) is 0. The number of pyridine rings is 1. The van der Waals surface area contributed by atoms with Gasteiger partial charge in [0.25, 0.3) is 0 Å². The van der Waals surface area contributed by atoms with Crippen LogP contribution in [-0.4, -0.2) is 19.9 Å². The molecule has 0 radical (unpaired) electrons. The molecular formula is C58H36N4O. The van der Waals surface area contributed by atoms with E-state index in [-0.39, 0.29) is 0 Å². The first-order valence-corrected chi connectivity index (χ1v) is 21.1. The van der Waals surface area contributed by atoms with Gasteiger partial charge in [-0.15, -0.1) is 0 Å². The third kappa shape index (κ3) is 6.60. The summed E-state index contributed by atoms with van der Waals surface area (Å²) in [5.74, 6) is 1.93. The molecule has 0 bridgehead atoms. The number of hydrogen-bond acceptors (Lipinski definition) is 5. The summed E-state index contributed by atoms with van der Waals surface area (Å²) in [7, 11) is 0. The molecule has 0 aliphatic carbocycles. The zero-order chi connectivity index (χ0) is 41.7. The van der Waals surface area contributed by atoms with Crippen LogP contribution >= 0.6 is 0 Å². The molecule has 294 valence electrons. The molecule has 0 aliphatic rings. The van der Waals surface area contributed by atoms with Gasteiger partial charge in [0, 0.05) is 49.2 Å². The molecule has 0 unspecified atom stereocenters. The van der Waals surface area contributed by atoms with E-state index < -0.39 is 0 Å². The molecule has 0 saturated heterocycles. The molecule has 0 aliphatic heterocycles. The lowest BCUT2D eigenvalue weighted by atomic mass is 9.95. The van der Waals surface area contributed by atoms with Gasteiger partial charge in [-0.25, -0.2) is 19.9 Å². The van der Waals surface area contributed by atoms with Gasteiger partial charge in [-0.3, -0.25) is 0 Å². The number of furan rings is 1. The highest BCUT2D eigenvalue weighted by atomic mass is 16.3. The first-order chi connectivity index (χ1) is 31.2. The molecule has 12 aromatic rings. The largest absolute Gasteiger partial charge is 0.456 e. The number of rotatable bonds is 7. The van der Waals surface area contributed by atoms with E-state index in [0.717, 1.165) is 99.6 Å². The van der Waals surface area contributed by atoms with Gasteiger partial charge >= 0.3 is 0 Å². The molecule has 3 heterocycles. The fourth-order valence-electron chi connectivity index (χ4n) is 8.79. The Morgan fingerprint density at radius 3 is 1.33 bits per heavy atom. The number of nitrogens with zero attached hydrogens (tertiary/aromatic N) is 4. The van der Waals surface area contributed by atoms with Crippen LogP contribution in [0.4, 0.5) is 0 Å². The van der Waals surface area contributed by atoms with Crippen molar-refractivity contribution < 1.29 is 4.42 Å². The standard InChI is InChI=1S/C58H36N4O/c1-4-13-41(14-5-1)55-48-32-34-52-54(53(48)47-21-10-11-22-50(47)59-55)49-36-45(31-33-51(49)63-52)40-29-25-38(26-30-40)37-23-27-39(28-24-37)44-19-12-20-46(35-44)58-61-56(42-15-6-2-7-16-42)60-57(62-58)43-17-8-3-9-18-43/h1-36H. The van der Waals surface area contributed by atoms with Gasteiger partial charge < -0.3 is 4.42 Å². The maximum atomic E-state index is 6.51. The first kappa shape index (κ1) is 36.3. The molecule has 0 fully saturated rings. The third-order valence-electron chi connectivity index (χ3n) is 11.9. The molecule has 12 rings (SSSR count). The van der Waals surface area contributed by atoms with Gasteiger partial charge in [0.15, 0.2) is 17.5 Å². The number of hydrogen-bond donors (Lipinski definition) is 0. The number of para-hydroxylation sites is 1. The number of benzene rings is 9. The van der Waals surface area contributed by atoms with Crippen LogP contribution in [0.2, 0.25) is 0 Å². The van der Waals surface area contributed by atoms with E-state index in [0.29, 0.717) is 17.5 Å². The Morgan fingerprint density at radius 1 is 0.254 bits per heavy atom. The van der Waals surface area contributed by atoms with Crippen LogP contribution < -0.4 is 0 Å². The van der Waals surface area contributed by atoms with E-state index >= 15 is 0 Å². The quantitative estimate of drug-likeness (QED) is 0.150. The smallest absolute Gasteiger partial charge is 0.164 e. The fraction of sp³-hybridized carbons (Fsp3) is 0. The van der Waals surface area contributed by atoms with Crippen molar-refractivity contribution in [2.24, 2.45) is 0 Å². The molecule has 0 saturated carbocycles. The molecular weight excluding hydrogens is 769 g/mol. The fourth-order valence-corrected chi connectivity index (χ4v) is 8.79. The summed E-state index contributed by atoms with van der Waals surface area (Å²) < 4.78 is 6.51. The maximum Gasteiger partial charge on any atom is 0.164 e. The van der Waals surface area contributed by atoms with Crippen LogP contribution in [0.1, 0.15) is 0 Å². The van der Waals surface area contributed by atoms with Crippen molar-refractivity contribution in [2.75, 3.05) is 0 Å². The molecule has 0 spiro atoms. The summed E-state index contributed by atoms with van der Waals surface area (Å²) in [6, 6.07) is 75.8. The SMILES string of the molecule is c1ccc(-c2nc(-c3ccccc3)nc(-c3cccc(-c4ccc(-c5ccc(-c6ccc7oc8ccc9c(-c%10ccccc%10)nc%10ccccc%10c9c8c7c6)cc5)cc4)c3)n2)cc1. The van der Waals surface area contributed by atoms with Crippen molar-refractivity contribution in [3.8, 4) is 78.8 Å². The van der Waals surface area contributed by atoms with Gasteiger partial charge in [-0.05, 0) is 69.8 Å². The molecule has 0 atom stereocenters. The highest BCUT2D eigenvalue weighted by molar-refractivity contribution is 6.28. The van der Waals surface area contributed by atoms with E-state index in [1.165, 1.54) is 5.39 Å². The van der Waals surface area contributed by atoms with Gasteiger partial charge in [-0.1, -0.05) is 182 Å². The maximum absolute atomic E-state index is 6.51. The molecule has 5 nitrogen and oxygen atoms in total. The molecule has 3 aromatic heterocycles. The van der Waals surface area contributed by atoms with Crippen molar-refractivity contribution in [1.82, 2.24) is 19.9 Å². The van der Waals surface area contributed by atoms with Crippen molar-refractivity contribution >= 4 is 43.6 Å². The lowest BCUT2D eigenvalue weighted by Crippen LogP contribution is -2.00. The first-order valence-electron chi connectivity index (χ1n) is 21.1. The van der Waals surface area contributed by atoms with Gasteiger partial charge in [0.2, 0.25) is 0 Å². The van der Waals surface area contributed by atoms with Crippen LogP contribution in [0.25, 0.3) is 122 Å². The van der Waals surface area contributed by atoms with Crippen LogP contribution in [0, 0.1) is 0 Å². The van der Waals surface area contributed by atoms with Gasteiger partial charge in [-0.2, -0.15) is 0 Å². The minimum atomic E-state index is 0.637. The van der Waals surface area contributed by atoms with E-state index in [1.54, 1.807) is 0 Å². The Labute approximate surface area is 363 Å². The predicted molar refractivity (Wildman–Crippen MR) is 258 cm³/mol. The van der Waals surface area contributed by atoms with Gasteiger partial charge in [0.05, 0.1) is 11.2 Å².